The van der Waals surface area contributed by atoms with Crippen LogP contribution in [0, 0.1) is 0 Å². The molecule has 0 aromatic rings. The first kappa shape index (κ1) is 17.7. The van der Waals surface area contributed by atoms with E-state index in [9.17, 15) is 14.7 Å². The van der Waals surface area contributed by atoms with Gasteiger partial charge in [0.15, 0.2) is 0 Å². The second-order valence-corrected chi connectivity index (χ2v) is 6.36. The Morgan fingerprint density at radius 2 is 1.95 bits per heavy atom. The molecule has 1 rings (SSSR count). The first-order valence-corrected chi connectivity index (χ1v) is 6.94. The van der Waals surface area contributed by atoms with Crippen molar-refractivity contribution >= 4 is 12.1 Å². The van der Waals surface area contributed by atoms with E-state index in [2.05, 4.69) is 0 Å². The fourth-order valence-electron chi connectivity index (χ4n) is 2.23. The molecule has 1 fully saturated rings. The second kappa shape index (κ2) is 6.62. The Bertz CT molecular complexity index is 391. The molecule has 1 saturated heterocycles. The number of carbonyl (C=O) groups excluding carboxylic acids is 1. The van der Waals surface area contributed by atoms with Gasteiger partial charge in [-0.3, -0.25) is 4.90 Å². The number of nitrogens with zero attached hydrogens (tertiary/aromatic N) is 1. The third-order valence-corrected chi connectivity index (χ3v) is 3.32. The third-order valence-electron chi connectivity index (χ3n) is 3.32. The molecular weight excluding hydrogens is 278 g/mol. The summed E-state index contributed by atoms with van der Waals surface area (Å²) in [6, 6.07) is 0. The number of ether oxygens (including phenoxy) is 3. The highest BCUT2D eigenvalue weighted by Crippen LogP contribution is 2.32. The molecular formula is C14H25NO6. The maximum atomic E-state index is 12.2. The van der Waals surface area contributed by atoms with E-state index < -0.39 is 23.2 Å². The minimum atomic E-state index is -1.32. The second-order valence-electron chi connectivity index (χ2n) is 6.36. The number of likely N-dealkylation sites (tertiary alicyclic amines) is 1. The lowest BCUT2D eigenvalue weighted by Crippen LogP contribution is -2.52. The first-order valence-electron chi connectivity index (χ1n) is 6.94. The standard InChI is InChI=1S/C14H25NO6/c1-13(2,3)21-12(18)15-9-10(20-7-6-19-5)8-14(15,4)11(16)17/h10H,6-9H2,1-5H3,(H,16,17)/t10-,14-/m1/s1. The summed E-state index contributed by atoms with van der Waals surface area (Å²) in [4.78, 5) is 25.0. The van der Waals surface area contributed by atoms with Gasteiger partial charge in [0.05, 0.1) is 25.9 Å². The van der Waals surface area contributed by atoms with Crippen LogP contribution in [0.5, 0.6) is 0 Å². The van der Waals surface area contributed by atoms with Gasteiger partial charge in [0, 0.05) is 13.5 Å². The maximum Gasteiger partial charge on any atom is 0.411 e. The Hall–Kier alpha value is -1.34. The number of amides is 1. The number of aliphatic carboxylic acids is 1. The number of hydrogen-bond acceptors (Lipinski definition) is 5. The van der Waals surface area contributed by atoms with Gasteiger partial charge in [-0.05, 0) is 27.7 Å². The minimum Gasteiger partial charge on any atom is -0.480 e. The molecule has 1 aliphatic rings. The number of carboxylic acids is 1. The first-order chi connectivity index (χ1) is 9.60. The summed E-state index contributed by atoms with van der Waals surface area (Å²) in [7, 11) is 1.56. The van der Waals surface area contributed by atoms with Gasteiger partial charge in [-0.1, -0.05) is 0 Å². The molecule has 0 spiro atoms. The van der Waals surface area contributed by atoms with Gasteiger partial charge in [-0.2, -0.15) is 0 Å². The zero-order valence-corrected chi connectivity index (χ0v) is 13.3. The molecule has 1 amide bonds. The molecule has 0 aromatic heterocycles. The quantitative estimate of drug-likeness (QED) is 0.775. The van der Waals surface area contributed by atoms with Crippen LogP contribution in [-0.4, -0.2) is 66.2 Å². The Kier molecular flexibility index (Phi) is 5.58. The lowest BCUT2D eigenvalue weighted by atomic mass is 9.99. The topological polar surface area (TPSA) is 85.3 Å². The monoisotopic (exact) mass is 303 g/mol. The summed E-state index contributed by atoms with van der Waals surface area (Å²) in [6.45, 7) is 7.72. The van der Waals surface area contributed by atoms with Crippen molar-refractivity contribution in [2.24, 2.45) is 0 Å². The van der Waals surface area contributed by atoms with Gasteiger partial charge in [0.1, 0.15) is 11.1 Å². The molecule has 0 aliphatic carbocycles. The average molecular weight is 303 g/mol. The summed E-state index contributed by atoms with van der Waals surface area (Å²) < 4.78 is 15.7. The molecule has 2 atom stereocenters. The fraction of sp³-hybridized carbons (Fsp3) is 0.857. The van der Waals surface area contributed by atoms with Crippen LogP contribution < -0.4 is 0 Å². The van der Waals surface area contributed by atoms with Crippen LogP contribution in [-0.2, 0) is 19.0 Å². The van der Waals surface area contributed by atoms with E-state index >= 15 is 0 Å². The Morgan fingerprint density at radius 1 is 1.33 bits per heavy atom. The number of carboxylic acid groups (broad SMARTS) is 1. The molecule has 0 unspecified atom stereocenters. The average Bonchev–Trinajstić information content (AvgIpc) is 2.66. The molecule has 1 N–H and O–H groups in total. The largest absolute Gasteiger partial charge is 0.480 e. The molecule has 7 heteroatoms. The predicted octanol–water partition coefficient (Wildman–Crippen LogP) is 1.50. The Morgan fingerprint density at radius 3 is 2.43 bits per heavy atom. The summed E-state index contributed by atoms with van der Waals surface area (Å²) >= 11 is 0. The van der Waals surface area contributed by atoms with Crippen LogP contribution in [0.15, 0.2) is 0 Å². The van der Waals surface area contributed by atoms with Crippen molar-refractivity contribution in [1.82, 2.24) is 4.90 Å². The predicted molar refractivity (Wildman–Crippen MR) is 75.2 cm³/mol. The Balaban J connectivity index is 2.79. The van der Waals surface area contributed by atoms with Crippen LogP contribution in [0.3, 0.4) is 0 Å². The van der Waals surface area contributed by atoms with Crippen molar-refractivity contribution in [2.45, 2.75) is 51.4 Å². The zero-order valence-electron chi connectivity index (χ0n) is 13.3. The molecule has 21 heavy (non-hydrogen) atoms. The number of rotatable bonds is 5. The SMILES string of the molecule is COCCO[C@H]1CN(C(=O)OC(C)(C)C)[C@@](C)(C(=O)O)C1. The molecule has 122 valence electrons. The van der Waals surface area contributed by atoms with Crippen molar-refractivity contribution in [3.8, 4) is 0 Å². The molecule has 0 radical (unpaired) electrons. The van der Waals surface area contributed by atoms with Crippen molar-refractivity contribution < 1.29 is 28.9 Å². The van der Waals surface area contributed by atoms with Crippen LogP contribution >= 0.6 is 0 Å². The van der Waals surface area contributed by atoms with E-state index in [1.807, 2.05) is 0 Å². The fourth-order valence-corrected chi connectivity index (χ4v) is 2.23. The summed E-state index contributed by atoms with van der Waals surface area (Å²) in [6.07, 6.45) is -0.746. The minimum absolute atomic E-state index is 0.196. The molecule has 0 bridgehead atoms. The summed E-state index contributed by atoms with van der Waals surface area (Å²) in [5.74, 6) is -1.06. The van der Waals surface area contributed by atoms with Crippen LogP contribution in [0.2, 0.25) is 0 Å². The van der Waals surface area contributed by atoms with E-state index in [4.69, 9.17) is 14.2 Å². The van der Waals surface area contributed by atoms with Gasteiger partial charge in [-0.25, -0.2) is 9.59 Å². The van der Waals surface area contributed by atoms with Crippen LogP contribution in [0.1, 0.15) is 34.1 Å². The molecule has 0 saturated carbocycles. The normalized spacial score (nSPS) is 26.0. The highest BCUT2D eigenvalue weighted by atomic mass is 16.6. The third kappa shape index (κ3) is 4.57. The summed E-state index contributed by atoms with van der Waals surface area (Å²) in [5, 5.41) is 9.45. The van der Waals surface area contributed by atoms with E-state index in [0.717, 1.165) is 0 Å². The van der Waals surface area contributed by atoms with E-state index in [0.29, 0.717) is 13.2 Å². The van der Waals surface area contributed by atoms with Crippen molar-refractivity contribution in [3.05, 3.63) is 0 Å². The molecule has 1 aliphatic heterocycles. The van der Waals surface area contributed by atoms with Gasteiger partial charge < -0.3 is 19.3 Å². The number of hydrogen-bond donors (Lipinski definition) is 1. The van der Waals surface area contributed by atoms with Gasteiger partial charge >= 0.3 is 12.1 Å². The van der Waals surface area contributed by atoms with Crippen molar-refractivity contribution in [3.63, 3.8) is 0 Å². The lowest BCUT2D eigenvalue weighted by Gasteiger charge is -2.32. The Labute approximate surface area is 125 Å². The smallest absolute Gasteiger partial charge is 0.411 e. The maximum absolute atomic E-state index is 12.2. The van der Waals surface area contributed by atoms with Crippen LogP contribution in [0.4, 0.5) is 4.79 Å². The molecule has 7 nitrogen and oxygen atoms in total. The molecule has 0 aromatic carbocycles. The van der Waals surface area contributed by atoms with Gasteiger partial charge in [0.2, 0.25) is 0 Å². The van der Waals surface area contributed by atoms with E-state index in [-0.39, 0.29) is 19.1 Å². The van der Waals surface area contributed by atoms with Crippen molar-refractivity contribution in [1.29, 1.82) is 0 Å². The van der Waals surface area contributed by atoms with Crippen molar-refractivity contribution in [2.75, 3.05) is 26.9 Å². The van der Waals surface area contributed by atoms with Gasteiger partial charge in [-0.15, -0.1) is 0 Å². The van der Waals surface area contributed by atoms with Gasteiger partial charge in [0.25, 0.3) is 0 Å². The molecule has 1 heterocycles. The van der Waals surface area contributed by atoms with E-state index in [1.54, 1.807) is 27.9 Å². The lowest BCUT2D eigenvalue weighted by molar-refractivity contribution is -0.148. The number of methoxy groups -OCH3 is 1. The highest BCUT2D eigenvalue weighted by Gasteiger charge is 2.51. The highest BCUT2D eigenvalue weighted by molar-refractivity contribution is 5.85. The summed E-state index contributed by atoms with van der Waals surface area (Å²) in [5.41, 5.74) is -1.99. The zero-order chi connectivity index (χ0) is 16.3. The van der Waals surface area contributed by atoms with Crippen LogP contribution in [0.25, 0.3) is 0 Å². The number of carbonyl (C=O) groups is 2. The van der Waals surface area contributed by atoms with E-state index in [1.165, 1.54) is 11.8 Å².